The van der Waals surface area contributed by atoms with E-state index in [0.717, 1.165) is 32.3 Å². The van der Waals surface area contributed by atoms with Crippen LogP contribution in [0.5, 0.6) is 0 Å². The number of rotatable bonds is 48. The number of unbranched alkanes of at least 4 members (excludes halogenated alkanes) is 36. The summed E-state index contributed by atoms with van der Waals surface area (Å²) in [5, 5.41) is 2.84. The average Bonchev–Trinajstić information content (AvgIpc) is 3.19. The summed E-state index contributed by atoms with van der Waals surface area (Å²) >= 11 is 0. The van der Waals surface area contributed by atoms with Crippen molar-refractivity contribution < 1.29 is 24.0 Å². The third-order valence-electron chi connectivity index (χ3n) is 11.2. The number of hydrogen-bond donors (Lipinski definition) is 1. The molecule has 0 aromatic rings. The maximum atomic E-state index is 12.3. The van der Waals surface area contributed by atoms with Crippen LogP contribution in [-0.4, -0.2) is 45.2 Å². The highest BCUT2D eigenvalue weighted by atomic mass is 17.2. The zero-order valence-corrected chi connectivity index (χ0v) is 37.7. The lowest BCUT2D eigenvalue weighted by atomic mass is 10.0. The standard InChI is InChI=1S/C49H99NO5/c1-4-7-10-13-16-19-22-25-26-27-30-33-36-39-42-45-54-55-49(51)50-46-48(53-44-41-38-35-32-29-24-21-18-15-12-9-6-3)47-52-43-40-37-34-31-28-23-20-17-14-11-8-5-2/h48H,4-47H2,1-3H3,(H,50,51). The smallest absolute Gasteiger partial charge is 0.379 e. The normalized spacial score (nSPS) is 12.1. The Hall–Kier alpha value is -0.850. The molecule has 55 heavy (non-hydrogen) atoms. The average molecular weight is 782 g/mol. The summed E-state index contributed by atoms with van der Waals surface area (Å²) in [5.41, 5.74) is 0. The van der Waals surface area contributed by atoms with Crippen molar-refractivity contribution in [1.82, 2.24) is 5.32 Å². The number of ether oxygens (including phenoxy) is 2. The van der Waals surface area contributed by atoms with Crippen LogP contribution < -0.4 is 5.32 Å². The number of nitrogens with one attached hydrogen (secondary N) is 1. The second-order valence-corrected chi connectivity index (χ2v) is 16.9. The summed E-state index contributed by atoms with van der Waals surface area (Å²) in [5.74, 6) is 0. The van der Waals surface area contributed by atoms with Gasteiger partial charge in [0.1, 0.15) is 0 Å². The molecule has 330 valence electrons. The molecule has 0 aromatic carbocycles. The molecule has 6 heteroatoms. The zero-order chi connectivity index (χ0) is 39.8. The Morgan fingerprint density at radius 3 is 1.02 bits per heavy atom. The van der Waals surface area contributed by atoms with E-state index < -0.39 is 6.09 Å². The molecule has 0 heterocycles. The van der Waals surface area contributed by atoms with Crippen LogP contribution in [-0.2, 0) is 19.2 Å². The maximum absolute atomic E-state index is 12.3. The minimum absolute atomic E-state index is 0.173. The zero-order valence-electron chi connectivity index (χ0n) is 37.7. The molecule has 6 nitrogen and oxygen atoms in total. The van der Waals surface area contributed by atoms with Gasteiger partial charge in [-0.25, -0.2) is 4.79 Å². The van der Waals surface area contributed by atoms with Crippen molar-refractivity contribution in [2.45, 2.75) is 277 Å². The molecule has 1 amide bonds. The van der Waals surface area contributed by atoms with Crippen LogP contribution in [0.3, 0.4) is 0 Å². The molecule has 0 saturated heterocycles. The van der Waals surface area contributed by atoms with Crippen LogP contribution in [0.15, 0.2) is 0 Å². The number of hydrogen-bond acceptors (Lipinski definition) is 5. The van der Waals surface area contributed by atoms with Crippen molar-refractivity contribution in [3.8, 4) is 0 Å². The van der Waals surface area contributed by atoms with Gasteiger partial charge in [-0.3, -0.25) is 4.89 Å². The van der Waals surface area contributed by atoms with Gasteiger partial charge in [0.05, 0.1) is 19.3 Å². The molecule has 0 radical (unpaired) electrons. The summed E-state index contributed by atoms with van der Waals surface area (Å²) < 4.78 is 12.2. The second-order valence-electron chi connectivity index (χ2n) is 16.9. The molecule has 0 aliphatic carbocycles. The van der Waals surface area contributed by atoms with Gasteiger partial charge in [-0.2, -0.15) is 4.89 Å². The Bertz CT molecular complexity index is 707. The molecule has 0 rings (SSSR count). The Morgan fingerprint density at radius 1 is 0.382 bits per heavy atom. The maximum Gasteiger partial charge on any atom is 0.438 e. The van der Waals surface area contributed by atoms with Crippen molar-refractivity contribution in [3.05, 3.63) is 0 Å². The number of carbonyl (C=O) groups is 1. The van der Waals surface area contributed by atoms with E-state index in [1.807, 2.05) is 0 Å². The van der Waals surface area contributed by atoms with Crippen LogP contribution >= 0.6 is 0 Å². The molecule has 1 N–H and O–H groups in total. The molecule has 0 aliphatic heterocycles. The first-order valence-corrected chi connectivity index (χ1v) is 25.0. The van der Waals surface area contributed by atoms with Crippen LogP contribution in [0.25, 0.3) is 0 Å². The minimum Gasteiger partial charge on any atom is -0.379 e. The Labute approximate surface area is 344 Å². The van der Waals surface area contributed by atoms with Crippen LogP contribution in [0.4, 0.5) is 4.79 Å². The SMILES string of the molecule is CCCCCCCCCCCCCCCCCOOC(=O)NCC(COCCCCCCCCCCCCCC)OCCCCCCCCCCCCCC. The largest absolute Gasteiger partial charge is 0.438 e. The van der Waals surface area contributed by atoms with Crippen LogP contribution in [0.2, 0.25) is 0 Å². The molecule has 0 aromatic heterocycles. The molecule has 0 aliphatic rings. The van der Waals surface area contributed by atoms with Gasteiger partial charge < -0.3 is 14.8 Å². The van der Waals surface area contributed by atoms with Crippen molar-refractivity contribution in [1.29, 1.82) is 0 Å². The van der Waals surface area contributed by atoms with Crippen molar-refractivity contribution in [2.75, 3.05) is 33.0 Å². The fraction of sp³-hybridized carbons (Fsp3) is 0.980. The fourth-order valence-electron chi connectivity index (χ4n) is 7.47. The summed E-state index contributed by atoms with van der Waals surface area (Å²) in [6.45, 7) is 9.63. The van der Waals surface area contributed by atoms with E-state index in [9.17, 15) is 4.79 Å². The van der Waals surface area contributed by atoms with E-state index in [0.29, 0.717) is 26.4 Å². The van der Waals surface area contributed by atoms with Gasteiger partial charge in [0.25, 0.3) is 0 Å². The Kier molecular flexibility index (Phi) is 48.5. The molecule has 0 spiro atoms. The van der Waals surface area contributed by atoms with Gasteiger partial charge in [0.15, 0.2) is 0 Å². The van der Waals surface area contributed by atoms with Gasteiger partial charge in [-0.05, 0) is 19.3 Å². The Morgan fingerprint density at radius 2 is 0.673 bits per heavy atom. The third-order valence-corrected chi connectivity index (χ3v) is 11.2. The van der Waals surface area contributed by atoms with E-state index in [4.69, 9.17) is 19.2 Å². The van der Waals surface area contributed by atoms with Crippen molar-refractivity contribution in [3.63, 3.8) is 0 Å². The first kappa shape index (κ1) is 54.2. The molecular weight excluding hydrogens is 683 g/mol. The predicted molar refractivity (Wildman–Crippen MR) is 238 cm³/mol. The van der Waals surface area contributed by atoms with Gasteiger partial charge >= 0.3 is 6.09 Å². The summed E-state index contributed by atoms with van der Waals surface area (Å²) in [6, 6.07) is 0. The van der Waals surface area contributed by atoms with Crippen LogP contribution in [0.1, 0.15) is 271 Å². The fourth-order valence-corrected chi connectivity index (χ4v) is 7.47. The minimum atomic E-state index is -0.541. The highest BCUT2D eigenvalue weighted by Gasteiger charge is 2.13. The summed E-state index contributed by atoms with van der Waals surface area (Å²) in [7, 11) is 0. The van der Waals surface area contributed by atoms with E-state index in [2.05, 4.69) is 26.1 Å². The van der Waals surface area contributed by atoms with E-state index in [1.54, 1.807) is 0 Å². The van der Waals surface area contributed by atoms with Gasteiger partial charge in [-0.15, -0.1) is 0 Å². The first-order chi connectivity index (χ1) is 27.2. The summed E-state index contributed by atoms with van der Waals surface area (Å²) in [4.78, 5) is 22.6. The van der Waals surface area contributed by atoms with Gasteiger partial charge in [-0.1, -0.05) is 252 Å². The lowest BCUT2D eigenvalue weighted by Gasteiger charge is -2.18. The third kappa shape index (κ3) is 47.4. The van der Waals surface area contributed by atoms with E-state index in [1.165, 1.54) is 225 Å². The highest BCUT2D eigenvalue weighted by molar-refractivity contribution is 5.66. The lowest BCUT2D eigenvalue weighted by Crippen LogP contribution is -2.37. The predicted octanol–water partition coefficient (Wildman–Crippen LogP) is 16.3. The second kappa shape index (κ2) is 49.3. The molecule has 0 saturated carbocycles. The van der Waals surface area contributed by atoms with E-state index >= 15 is 0 Å². The summed E-state index contributed by atoms with van der Waals surface area (Å²) in [6.07, 6.45) is 51.2. The van der Waals surface area contributed by atoms with Gasteiger partial charge in [0, 0.05) is 19.8 Å². The Balaban J connectivity index is 4.01. The van der Waals surface area contributed by atoms with Crippen LogP contribution in [0, 0.1) is 0 Å². The molecule has 0 fully saturated rings. The number of amides is 1. The van der Waals surface area contributed by atoms with Crippen molar-refractivity contribution >= 4 is 6.09 Å². The molecule has 1 unspecified atom stereocenters. The molecular formula is C49H99NO5. The highest BCUT2D eigenvalue weighted by Crippen LogP contribution is 2.15. The topological polar surface area (TPSA) is 66.0 Å². The molecule has 1 atom stereocenters. The van der Waals surface area contributed by atoms with Gasteiger partial charge in [0.2, 0.25) is 0 Å². The lowest BCUT2D eigenvalue weighted by molar-refractivity contribution is -0.239. The molecule has 0 bridgehead atoms. The van der Waals surface area contributed by atoms with Crippen molar-refractivity contribution in [2.24, 2.45) is 0 Å². The quantitative estimate of drug-likeness (QED) is 0.0378. The first-order valence-electron chi connectivity index (χ1n) is 25.0. The van der Waals surface area contributed by atoms with E-state index in [-0.39, 0.29) is 6.10 Å². The monoisotopic (exact) mass is 782 g/mol. The number of carbonyl (C=O) groups excluding carboxylic acids is 1.